The van der Waals surface area contributed by atoms with E-state index in [4.69, 9.17) is 21.1 Å². The molecular weight excluding hydrogens is 624 g/mol. The number of esters is 1. The molecule has 3 aromatic rings. The Morgan fingerprint density at radius 1 is 1.07 bits per heavy atom. The molecule has 0 unspecified atom stereocenters. The van der Waals surface area contributed by atoms with Gasteiger partial charge in [0.2, 0.25) is 5.91 Å². The van der Waals surface area contributed by atoms with Crippen molar-refractivity contribution in [3.8, 4) is 11.5 Å². The molecular formula is C28H22BrClN2O7S. The van der Waals surface area contributed by atoms with Gasteiger partial charge in [-0.15, -0.1) is 0 Å². The van der Waals surface area contributed by atoms with Crippen LogP contribution in [-0.2, 0) is 20.9 Å². The Balaban J connectivity index is 1.46. The van der Waals surface area contributed by atoms with E-state index in [1.165, 1.54) is 32.4 Å². The third-order valence-electron chi connectivity index (χ3n) is 5.61. The molecule has 4 rings (SSSR count). The van der Waals surface area contributed by atoms with E-state index in [0.717, 1.165) is 22.2 Å². The van der Waals surface area contributed by atoms with Crippen LogP contribution in [0, 0.1) is 0 Å². The molecule has 3 amide bonds. The third-order valence-corrected chi connectivity index (χ3v) is 7.43. The van der Waals surface area contributed by atoms with Crippen molar-refractivity contribution >= 4 is 74.1 Å². The molecule has 0 saturated carbocycles. The fourth-order valence-electron chi connectivity index (χ4n) is 3.69. The predicted molar refractivity (Wildman–Crippen MR) is 156 cm³/mol. The van der Waals surface area contributed by atoms with Gasteiger partial charge in [-0.25, -0.2) is 4.79 Å². The second-order valence-corrected chi connectivity index (χ2v) is 10.6. The summed E-state index contributed by atoms with van der Waals surface area (Å²) >= 11 is 10.2. The molecule has 40 heavy (non-hydrogen) atoms. The lowest BCUT2D eigenvalue weighted by molar-refractivity contribution is -0.127. The Hall–Kier alpha value is -3.80. The summed E-state index contributed by atoms with van der Waals surface area (Å²) < 4.78 is 16.7. The number of methoxy groups -OCH3 is 2. The van der Waals surface area contributed by atoms with E-state index in [1.807, 2.05) is 30.3 Å². The minimum Gasteiger partial charge on any atom is -0.493 e. The first kappa shape index (κ1) is 29.2. The monoisotopic (exact) mass is 644 g/mol. The Morgan fingerprint density at radius 2 is 1.82 bits per heavy atom. The highest BCUT2D eigenvalue weighted by atomic mass is 79.9. The summed E-state index contributed by atoms with van der Waals surface area (Å²) in [5.41, 5.74) is 1.89. The number of halogens is 2. The highest BCUT2D eigenvalue weighted by molar-refractivity contribution is 9.10. The highest BCUT2D eigenvalue weighted by Gasteiger charge is 2.36. The first-order chi connectivity index (χ1) is 19.2. The molecule has 1 N–H and O–H groups in total. The SMILES string of the molecule is COC(=O)c1cc(NC(=O)CN2C(=O)S/C(=C/c3cc(Br)c(OCc4ccccc4)c(OC)c3)C2=O)ccc1Cl. The van der Waals surface area contributed by atoms with Gasteiger partial charge >= 0.3 is 5.97 Å². The van der Waals surface area contributed by atoms with E-state index in [9.17, 15) is 19.2 Å². The van der Waals surface area contributed by atoms with Crippen LogP contribution in [0.4, 0.5) is 10.5 Å². The van der Waals surface area contributed by atoms with Crippen LogP contribution in [0.2, 0.25) is 5.02 Å². The average Bonchev–Trinajstić information content (AvgIpc) is 3.20. The number of hydrogen-bond acceptors (Lipinski definition) is 8. The predicted octanol–water partition coefficient (Wildman–Crippen LogP) is 6.15. The maximum atomic E-state index is 13.0. The quantitative estimate of drug-likeness (QED) is 0.218. The van der Waals surface area contributed by atoms with E-state index in [2.05, 4.69) is 26.0 Å². The van der Waals surface area contributed by atoms with Crippen molar-refractivity contribution < 1.29 is 33.4 Å². The molecule has 0 atom stereocenters. The van der Waals surface area contributed by atoms with E-state index in [1.54, 1.807) is 18.2 Å². The summed E-state index contributed by atoms with van der Waals surface area (Å²) in [7, 11) is 2.71. The van der Waals surface area contributed by atoms with Gasteiger partial charge in [-0.1, -0.05) is 41.9 Å². The molecule has 0 aliphatic carbocycles. The zero-order valence-electron chi connectivity index (χ0n) is 21.2. The summed E-state index contributed by atoms with van der Waals surface area (Å²) in [5.74, 6) is -0.992. The number of nitrogens with zero attached hydrogens (tertiary/aromatic N) is 1. The van der Waals surface area contributed by atoms with Crippen LogP contribution in [0.5, 0.6) is 11.5 Å². The number of anilines is 1. The smallest absolute Gasteiger partial charge is 0.339 e. The Bertz CT molecular complexity index is 1510. The number of imide groups is 1. The molecule has 0 radical (unpaired) electrons. The number of thioether (sulfide) groups is 1. The normalized spacial score (nSPS) is 13.9. The number of ether oxygens (including phenoxy) is 3. The highest BCUT2D eigenvalue weighted by Crippen LogP contribution is 2.39. The van der Waals surface area contributed by atoms with Gasteiger partial charge in [0.05, 0.1) is 34.2 Å². The minimum absolute atomic E-state index is 0.0640. The summed E-state index contributed by atoms with van der Waals surface area (Å²) in [4.78, 5) is 51.0. The van der Waals surface area contributed by atoms with Gasteiger partial charge in [-0.2, -0.15) is 0 Å². The molecule has 12 heteroatoms. The van der Waals surface area contributed by atoms with Crippen LogP contribution >= 0.6 is 39.3 Å². The number of carbonyl (C=O) groups excluding carboxylic acids is 4. The average molecular weight is 646 g/mol. The first-order valence-electron chi connectivity index (χ1n) is 11.7. The number of hydrogen-bond donors (Lipinski definition) is 1. The maximum absolute atomic E-state index is 13.0. The van der Waals surface area contributed by atoms with E-state index < -0.39 is 29.6 Å². The molecule has 9 nitrogen and oxygen atoms in total. The van der Waals surface area contributed by atoms with Crippen molar-refractivity contribution in [2.75, 3.05) is 26.1 Å². The molecule has 0 aromatic heterocycles. The number of carbonyl (C=O) groups is 4. The molecule has 0 spiro atoms. The molecule has 1 heterocycles. The van der Waals surface area contributed by atoms with E-state index in [0.29, 0.717) is 28.1 Å². The third kappa shape index (κ3) is 6.85. The Morgan fingerprint density at radius 3 is 2.52 bits per heavy atom. The van der Waals surface area contributed by atoms with Crippen LogP contribution in [0.3, 0.4) is 0 Å². The zero-order chi connectivity index (χ0) is 28.8. The van der Waals surface area contributed by atoms with Gasteiger partial charge in [-0.3, -0.25) is 19.3 Å². The van der Waals surface area contributed by atoms with Gasteiger partial charge in [0.1, 0.15) is 13.2 Å². The van der Waals surface area contributed by atoms with Crippen LogP contribution in [0.25, 0.3) is 6.08 Å². The van der Waals surface area contributed by atoms with Gasteiger partial charge in [0, 0.05) is 5.69 Å². The number of amides is 3. The molecule has 3 aromatic carbocycles. The maximum Gasteiger partial charge on any atom is 0.339 e. The van der Waals surface area contributed by atoms with Gasteiger partial charge in [0.25, 0.3) is 11.1 Å². The van der Waals surface area contributed by atoms with Crippen molar-refractivity contribution in [3.63, 3.8) is 0 Å². The largest absolute Gasteiger partial charge is 0.493 e. The molecule has 0 bridgehead atoms. The van der Waals surface area contributed by atoms with Crippen LogP contribution in [0.1, 0.15) is 21.5 Å². The second kappa shape index (κ2) is 13.0. The summed E-state index contributed by atoms with van der Waals surface area (Å²) in [5, 5.41) is 2.12. The lowest BCUT2D eigenvalue weighted by Gasteiger charge is -2.14. The number of rotatable bonds is 9. The first-order valence-corrected chi connectivity index (χ1v) is 13.7. The fourth-order valence-corrected chi connectivity index (χ4v) is 5.30. The molecule has 206 valence electrons. The van der Waals surface area contributed by atoms with Crippen molar-refractivity contribution in [2.24, 2.45) is 0 Å². The van der Waals surface area contributed by atoms with Crippen molar-refractivity contribution in [1.29, 1.82) is 0 Å². The lowest BCUT2D eigenvalue weighted by Crippen LogP contribution is -2.36. The number of benzene rings is 3. The molecule has 1 saturated heterocycles. The molecule has 1 aliphatic heterocycles. The van der Waals surface area contributed by atoms with Crippen molar-refractivity contribution in [2.45, 2.75) is 6.61 Å². The van der Waals surface area contributed by atoms with E-state index in [-0.39, 0.29) is 21.2 Å². The van der Waals surface area contributed by atoms with Crippen molar-refractivity contribution in [3.05, 3.63) is 91.8 Å². The molecule has 1 aliphatic rings. The van der Waals surface area contributed by atoms with Gasteiger partial charge in [-0.05, 0) is 75.2 Å². The second-order valence-electron chi connectivity index (χ2n) is 8.31. The Kier molecular flexibility index (Phi) is 9.51. The topological polar surface area (TPSA) is 111 Å². The van der Waals surface area contributed by atoms with Crippen molar-refractivity contribution in [1.82, 2.24) is 4.90 Å². The van der Waals surface area contributed by atoms with Crippen LogP contribution in [0.15, 0.2) is 70.0 Å². The molecule has 1 fully saturated rings. The van der Waals surface area contributed by atoms with Crippen LogP contribution in [-0.4, -0.2) is 48.7 Å². The summed E-state index contributed by atoms with van der Waals surface area (Å²) in [6.45, 7) is -0.187. The zero-order valence-corrected chi connectivity index (χ0v) is 24.4. The number of nitrogens with one attached hydrogen (secondary N) is 1. The summed E-state index contributed by atoms with van der Waals surface area (Å²) in [6.07, 6.45) is 1.54. The fraction of sp³-hybridized carbons (Fsp3) is 0.143. The minimum atomic E-state index is -0.670. The summed E-state index contributed by atoms with van der Waals surface area (Å²) in [6, 6.07) is 17.3. The Labute approximate surface area is 247 Å². The standard InChI is InChI=1S/C28H22BrClN2O7S/c1-37-22-11-17(10-20(29)25(22)39-15-16-6-4-3-5-7-16)12-23-26(34)32(28(36)40-23)14-24(33)31-18-8-9-21(30)19(13-18)27(35)38-2/h3-13H,14-15H2,1-2H3,(H,31,33)/b23-12+. The van der Waals surface area contributed by atoms with Gasteiger partial charge in [0.15, 0.2) is 11.5 Å². The van der Waals surface area contributed by atoms with Crippen LogP contribution < -0.4 is 14.8 Å². The lowest BCUT2D eigenvalue weighted by atomic mass is 10.1. The van der Waals surface area contributed by atoms with E-state index >= 15 is 0 Å². The van der Waals surface area contributed by atoms with Gasteiger partial charge < -0.3 is 19.5 Å².